The molecule has 0 aliphatic carbocycles. The van der Waals surface area contributed by atoms with Gasteiger partial charge in [-0.2, -0.15) is 0 Å². The molecule has 4 heteroatoms. The Labute approximate surface area is 176 Å². The molecule has 0 rings (SSSR count). The zero-order valence-corrected chi connectivity index (χ0v) is 17.9. The van der Waals surface area contributed by atoms with Crippen molar-refractivity contribution in [1.29, 1.82) is 0 Å². The minimum Gasteiger partial charge on any atom is -0.351 e. The highest BCUT2D eigenvalue weighted by atomic mass is 16.2. The van der Waals surface area contributed by atoms with E-state index in [1.165, 1.54) is 38.5 Å². The second-order valence-electron chi connectivity index (χ2n) is 7.05. The van der Waals surface area contributed by atoms with E-state index in [1.54, 1.807) is 0 Å². The molecule has 158 valence electrons. The van der Waals surface area contributed by atoms with Gasteiger partial charge in [-0.3, -0.25) is 10.1 Å². The third kappa shape index (κ3) is 10.3. The fourth-order valence-electron chi connectivity index (χ4n) is 2.59. The molecule has 0 aliphatic rings. The fourth-order valence-corrected chi connectivity index (χ4v) is 2.59. The molecule has 3 amide bonds. The SMILES string of the molecule is C=C(CC=CCCCCCCCC)C(=C)C(=C)C(=C)C(=C)C(=C)C(=O)NC(N)=O. The molecule has 0 aromatic carbocycles. The third-order valence-corrected chi connectivity index (χ3v) is 4.65. The van der Waals surface area contributed by atoms with E-state index >= 15 is 0 Å². The van der Waals surface area contributed by atoms with Crippen LogP contribution in [-0.4, -0.2) is 11.9 Å². The van der Waals surface area contributed by atoms with Crippen molar-refractivity contribution in [2.24, 2.45) is 5.73 Å². The second kappa shape index (κ2) is 14.2. The van der Waals surface area contributed by atoms with E-state index in [-0.39, 0.29) is 11.1 Å². The first-order valence-electron chi connectivity index (χ1n) is 10.0. The Balaban J connectivity index is 4.48. The van der Waals surface area contributed by atoms with Crippen molar-refractivity contribution < 1.29 is 9.59 Å². The van der Waals surface area contributed by atoms with Crippen molar-refractivity contribution in [3.8, 4) is 0 Å². The average Bonchev–Trinajstić information content (AvgIpc) is 2.68. The summed E-state index contributed by atoms with van der Waals surface area (Å²) in [6, 6.07) is -0.959. The van der Waals surface area contributed by atoms with Gasteiger partial charge in [-0.1, -0.05) is 90.7 Å². The molecule has 0 fully saturated rings. The number of allylic oxidation sites excluding steroid dienone is 6. The maximum absolute atomic E-state index is 11.8. The fraction of sp³-hybridized carbons (Fsp3) is 0.360. The minimum absolute atomic E-state index is 0.00723. The number of amides is 3. The van der Waals surface area contributed by atoms with Crippen LogP contribution in [-0.2, 0) is 4.79 Å². The van der Waals surface area contributed by atoms with E-state index in [0.717, 1.165) is 12.0 Å². The van der Waals surface area contributed by atoms with Gasteiger partial charge in [0.2, 0.25) is 0 Å². The molecular weight excluding hydrogens is 360 g/mol. The summed E-state index contributed by atoms with van der Waals surface area (Å²) in [6.07, 6.45) is 13.7. The van der Waals surface area contributed by atoms with Crippen LogP contribution in [0.3, 0.4) is 0 Å². The molecular formula is C25H36N2O2. The molecule has 0 spiro atoms. The Morgan fingerprint density at radius 1 is 0.759 bits per heavy atom. The van der Waals surface area contributed by atoms with E-state index < -0.39 is 11.9 Å². The molecule has 0 bridgehead atoms. The van der Waals surface area contributed by atoms with E-state index in [2.05, 4.69) is 58.5 Å². The largest absolute Gasteiger partial charge is 0.351 e. The third-order valence-electron chi connectivity index (χ3n) is 4.65. The first kappa shape index (κ1) is 26.1. The van der Waals surface area contributed by atoms with Crippen molar-refractivity contribution >= 4 is 11.9 Å². The Morgan fingerprint density at radius 3 is 1.86 bits per heavy atom. The molecule has 0 aromatic rings. The van der Waals surface area contributed by atoms with Crippen molar-refractivity contribution in [3.05, 3.63) is 85.1 Å². The van der Waals surface area contributed by atoms with Crippen LogP contribution in [0.15, 0.2) is 85.1 Å². The lowest BCUT2D eigenvalue weighted by molar-refractivity contribution is -0.116. The number of carbonyl (C=O) groups excluding carboxylic acids is 2. The number of nitrogens with one attached hydrogen (secondary N) is 1. The van der Waals surface area contributed by atoms with Crippen LogP contribution in [0, 0.1) is 0 Å². The molecule has 3 N–H and O–H groups in total. The Morgan fingerprint density at radius 2 is 1.28 bits per heavy atom. The summed E-state index contributed by atoms with van der Waals surface area (Å²) >= 11 is 0. The van der Waals surface area contributed by atoms with Gasteiger partial charge in [0.15, 0.2) is 0 Å². The molecule has 0 aromatic heterocycles. The summed E-state index contributed by atoms with van der Waals surface area (Å²) in [5.41, 5.74) is 7.60. The number of hydrogen-bond acceptors (Lipinski definition) is 2. The van der Waals surface area contributed by atoms with E-state index in [4.69, 9.17) is 5.73 Å². The Hall–Kier alpha value is -2.88. The maximum Gasteiger partial charge on any atom is 0.319 e. The number of primary amides is 1. The first-order valence-corrected chi connectivity index (χ1v) is 10.0. The molecule has 29 heavy (non-hydrogen) atoms. The zero-order valence-electron chi connectivity index (χ0n) is 17.9. The van der Waals surface area contributed by atoms with Crippen molar-refractivity contribution in [1.82, 2.24) is 5.32 Å². The zero-order chi connectivity index (χ0) is 22.4. The highest BCUT2D eigenvalue weighted by molar-refractivity contribution is 6.06. The second-order valence-corrected chi connectivity index (χ2v) is 7.05. The van der Waals surface area contributed by atoms with Gasteiger partial charge >= 0.3 is 6.03 Å². The summed E-state index contributed by atoms with van der Waals surface area (Å²) in [6.45, 7) is 25.7. The highest BCUT2D eigenvalue weighted by Gasteiger charge is 2.17. The van der Waals surface area contributed by atoms with Crippen molar-refractivity contribution in [2.75, 3.05) is 0 Å². The lowest BCUT2D eigenvalue weighted by Gasteiger charge is -2.16. The number of imide groups is 1. The van der Waals surface area contributed by atoms with Gasteiger partial charge < -0.3 is 5.73 Å². The minimum atomic E-state index is -0.959. The molecule has 0 saturated carbocycles. The van der Waals surface area contributed by atoms with Gasteiger partial charge in [0.1, 0.15) is 0 Å². The monoisotopic (exact) mass is 396 g/mol. The number of unbranched alkanes of at least 4 members (excludes halogenated alkanes) is 6. The summed E-state index contributed by atoms with van der Waals surface area (Å²) in [4.78, 5) is 22.6. The van der Waals surface area contributed by atoms with Crippen molar-refractivity contribution in [3.63, 3.8) is 0 Å². The Kier molecular flexibility index (Phi) is 12.8. The quantitative estimate of drug-likeness (QED) is 0.149. The number of urea groups is 1. The lowest BCUT2D eigenvalue weighted by atomic mass is 9.88. The number of hydrogen-bond donors (Lipinski definition) is 2. The highest BCUT2D eigenvalue weighted by Crippen LogP contribution is 2.29. The number of carbonyl (C=O) groups is 2. The van der Waals surface area contributed by atoms with E-state index in [1.807, 2.05) is 5.32 Å². The van der Waals surface area contributed by atoms with Gasteiger partial charge in [-0.25, -0.2) is 4.79 Å². The number of rotatable bonds is 15. The summed E-state index contributed by atoms with van der Waals surface area (Å²) in [5.74, 6) is -0.724. The topological polar surface area (TPSA) is 72.2 Å². The van der Waals surface area contributed by atoms with Crippen LogP contribution in [0.5, 0.6) is 0 Å². The predicted molar refractivity (Wildman–Crippen MR) is 124 cm³/mol. The van der Waals surface area contributed by atoms with Crippen LogP contribution in [0.25, 0.3) is 0 Å². The van der Waals surface area contributed by atoms with Crippen molar-refractivity contribution in [2.45, 2.75) is 58.3 Å². The molecule has 0 heterocycles. The maximum atomic E-state index is 11.8. The normalized spacial score (nSPS) is 10.4. The standard InChI is InChI=1S/C25H36N2O2/c1-8-9-10-11-12-13-14-15-16-17-18(2)19(3)20(4)21(5)22(6)23(7)24(28)27-25(26)29/h15-16H,2-14,17H2,1H3,(H3,26,27,28,29). The van der Waals surface area contributed by atoms with Crippen LogP contribution in [0.4, 0.5) is 4.79 Å². The van der Waals surface area contributed by atoms with Crippen LogP contribution in [0.1, 0.15) is 58.3 Å². The summed E-state index contributed by atoms with van der Waals surface area (Å²) in [7, 11) is 0. The number of nitrogens with two attached hydrogens (primary N) is 1. The first-order chi connectivity index (χ1) is 13.6. The van der Waals surface area contributed by atoms with E-state index in [0.29, 0.717) is 23.1 Å². The van der Waals surface area contributed by atoms with Gasteiger partial charge in [-0.15, -0.1) is 0 Å². The van der Waals surface area contributed by atoms with Crippen LogP contribution < -0.4 is 11.1 Å². The molecule has 0 aliphatic heterocycles. The van der Waals surface area contributed by atoms with E-state index in [9.17, 15) is 9.59 Å². The van der Waals surface area contributed by atoms with Gasteiger partial charge in [0.25, 0.3) is 5.91 Å². The predicted octanol–water partition coefficient (Wildman–Crippen LogP) is 6.22. The molecule has 0 saturated heterocycles. The lowest BCUT2D eigenvalue weighted by Crippen LogP contribution is -2.36. The molecule has 0 radical (unpaired) electrons. The van der Waals surface area contributed by atoms with Gasteiger partial charge in [-0.05, 0) is 47.1 Å². The van der Waals surface area contributed by atoms with Gasteiger partial charge in [0, 0.05) is 5.57 Å². The van der Waals surface area contributed by atoms with Crippen LogP contribution >= 0.6 is 0 Å². The summed E-state index contributed by atoms with van der Waals surface area (Å²) < 4.78 is 0. The summed E-state index contributed by atoms with van der Waals surface area (Å²) in [5, 5.41) is 1.95. The smallest absolute Gasteiger partial charge is 0.319 e. The van der Waals surface area contributed by atoms with Gasteiger partial charge in [0.05, 0.1) is 0 Å². The molecule has 0 atom stereocenters. The molecule has 4 nitrogen and oxygen atoms in total. The average molecular weight is 397 g/mol. The Bertz CT molecular complexity index is 723. The van der Waals surface area contributed by atoms with Crippen LogP contribution in [0.2, 0.25) is 0 Å². The molecule has 0 unspecified atom stereocenters.